The summed E-state index contributed by atoms with van der Waals surface area (Å²) in [5, 5.41) is 6.70. The van der Waals surface area contributed by atoms with E-state index < -0.39 is 0 Å². The molecule has 1 aromatic heterocycles. The van der Waals surface area contributed by atoms with E-state index in [0.29, 0.717) is 28.8 Å². The van der Waals surface area contributed by atoms with E-state index in [9.17, 15) is 4.79 Å². The predicted molar refractivity (Wildman–Crippen MR) is 107 cm³/mol. The average molecular weight is 383 g/mol. The zero-order chi connectivity index (χ0) is 19.1. The van der Waals surface area contributed by atoms with Crippen molar-refractivity contribution < 1.29 is 9.53 Å². The summed E-state index contributed by atoms with van der Waals surface area (Å²) < 4.78 is 5.24. The lowest BCUT2D eigenvalue weighted by atomic mass is 10.1. The van der Waals surface area contributed by atoms with Crippen LogP contribution in [0.1, 0.15) is 16.1 Å². The van der Waals surface area contributed by atoms with Gasteiger partial charge in [0, 0.05) is 17.6 Å². The molecule has 7 heteroatoms. The van der Waals surface area contributed by atoms with Gasteiger partial charge in [-0.15, -0.1) is 0 Å². The Hall–Kier alpha value is -3.12. The second-order valence-electron chi connectivity index (χ2n) is 5.75. The number of nitrogens with one attached hydrogen (secondary N) is 2. The van der Waals surface area contributed by atoms with Crippen molar-refractivity contribution in [1.29, 1.82) is 0 Å². The quantitative estimate of drug-likeness (QED) is 0.644. The van der Waals surface area contributed by atoms with E-state index in [1.165, 1.54) is 6.33 Å². The highest BCUT2D eigenvalue weighted by Gasteiger charge is 2.11. The van der Waals surface area contributed by atoms with Crippen molar-refractivity contribution in [3.8, 4) is 5.75 Å². The minimum absolute atomic E-state index is 0.265. The minimum atomic E-state index is -0.334. The molecule has 0 saturated carbocycles. The molecular formula is C20H19ClN4O2. The first-order chi connectivity index (χ1) is 13.2. The number of anilines is 2. The van der Waals surface area contributed by atoms with Crippen molar-refractivity contribution in [2.75, 3.05) is 24.3 Å². The van der Waals surface area contributed by atoms with Crippen molar-refractivity contribution in [2.45, 2.75) is 6.42 Å². The third-order valence-corrected chi connectivity index (χ3v) is 4.10. The summed E-state index contributed by atoms with van der Waals surface area (Å²) in [6.07, 6.45) is 2.15. The van der Waals surface area contributed by atoms with Crippen LogP contribution < -0.4 is 15.4 Å². The summed E-state index contributed by atoms with van der Waals surface area (Å²) in [4.78, 5) is 20.7. The largest absolute Gasteiger partial charge is 0.495 e. The first-order valence-corrected chi connectivity index (χ1v) is 8.78. The lowest BCUT2D eigenvalue weighted by molar-refractivity contribution is 0.102. The number of methoxy groups -OCH3 is 1. The van der Waals surface area contributed by atoms with Crippen LogP contribution in [0.2, 0.25) is 5.02 Å². The van der Waals surface area contributed by atoms with Gasteiger partial charge in [-0.2, -0.15) is 0 Å². The zero-order valence-electron chi connectivity index (χ0n) is 14.8. The zero-order valence-corrected chi connectivity index (χ0v) is 15.5. The van der Waals surface area contributed by atoms with Gasteiger partial charge in [0.05, 0.1) is 12.8 Å². The predicted octanol–water partition coefficient (Wildman–Crippen LogP) is 4.05. The van der Waals surface area contributed by atoms with Gasteiger partial charge in [-0.05, 0) is 36.2 Å². The number of nitrogens with zero attached hydrogens (tertiary/aromatic N) is 2. The van der Waals surface area contributed by atoms with Crippen LogP contribution in [-0.2, 0) is 6.42 Å². The fourth-order valence-electron chi connectivity index (χ4n) is 2.54. The van der Waals surface area contributed by atoms with Gasteiger partial charge in [0.25, 0.3) is 5.91 Å². The van der Waals surface area contributed by atoms with Gasteiger partial charge in [0.15, 0.2) is 0 Å². The van der Waals surface area contributed by atoms with Gasteiger partial charge in [0.1, 0.15) is 23.6 Å². The lowest BCUT2D eigenvalue weighted by Crippen LogP contribution is -2.15. The summed E-state index contributed by atoms with van der Waals surface area (Å²) in [6, 6.07) is 16.5. The molecule has 27 heavy (non-hydrogen) atoms. The molecule has 6 nitrogen and oxygen atoms in total. The van der Waals surface area contributed by atoms with Crippen LogP contribution in [0.25, 0.3) is 0 Å². The van der Waals surface area contributed by atoms with Gasteiger partial charge >= 0.3 is 0 Å². The maximum atomic E-state index is 12.5. The molecule has 0 unspecified atom stereocenters. The highest BCUT2D eigenvalue weighted by atomic mass is 35.5. The number of halogens is 1. The number of amides is 1. The van der Waals surface area contributed by atoms with E-state index in [4.69, 9.17) is 16.3 Å². The number of aromatic nitrogens is 2. The number of carbonyl (C=O) groups is 1. The first-order valence-electron chi connectivity index (χ1n) is 8.40. The van der Waals surface area contributed by atoms with E-state index in [1.807, 2.05) is 36.4 Å². The Morgan fingerprint density at radius 3 is 2.78 bits per heavy atom. The van der Waals surface area contributed by atoms with Crippen LogP contribution in [-0.4, -0.2) is 29.5 Å². The van der Waals surface area contributed by atoms with Gasteiger partial charge in [-0.3, -0.25) is 4.79 Å². The second-order valence-corrected chi connectivity index (χ2v) is 6.19. The molecule has 0 spiro atoms. The SMILES string of the molecule is COc1ccccc1NC(=O)c1cc(NCCc2cccc(Cl)c2)ncn1. The molecule has 0 aliphatic heterocycles. The average Bonchev–Trinajstić information content (AvgIpc) is 2.69. The summed E-state index contributed by atoms with van der Waals surface area (Å²) in [5.41, 5.74) is 1.97. The first kappa shape index (κ1) is 18.7. The van der Waals surface area contributed by atoms with E-state index in [1.54, 1.807) is 25.3 Å². The number of carbonyl (C=O) groups excluding carboxylic acids is 1. The topological polar surface area (TPSA) is 76.1 Å². The molecule has 0 radical (unpaired) electrons. The summed E-state index contributed by atoms with van der Waals surface area (Å²) >= 11 is 5.99. The number of hydrogen-bond acceptors (Lipinski definition) is 5. The highest BCUT2D eigenvalue weighted by molar-refractivity contribution is 6.30. The van der Waals surface area contributed by atoms with E-state index in [2.05, 4.69) is 20.6 Å². The number of para-hydroxylation sites is 2. The Kier molecular flexibility index (Phi) is 6.22. The van der Waals surface area contributed by atoms with Crippen molar-refractivity contribution in [3.63, 3.8) is 0 Å². The standard InChI is InChI=1S/C20H19ClN4O2/c1-27-18-8-3-2-7-16(18)25-20(26)17-12-19(24-13-23-17)22-10-9-14-5-4-6-15(21)11-14/h2-8,11-13H,9-10H2,1H3,(H,25,26)(H,22,23,24). The smallest absolute Gasteiger partial charge is 0.274 e. The molecular weight excluding hydrogens is 364 g/mol. The van der Waals surface area contributed by atoms with Crippen LogP contribution >= 0.6 is 11.6 Å². The number of hydrogen-bond donors (Lipinski definition) is 2. The molecule has 0 atom stereocenters. The molecule has 0 saturated heterocycles. The molecule has 0 fully saturated rings. The van der Waals surface area contributed by atoms with Crippen LogP contribution in [0.15, 0.2) is 60.9 Å². The van der Waals surface area contributed by atoms with E-state index in [0.717, 1.165) is 12.0 Å². The highest BCUT2D eigenvalue weighted by Crippen LogP contribution is 2.23. The van der Waals surface area contributed by atoms with Crippen molar-refractivity contribution in [3.05, 3.63) is 77.2 Å². The third-order valence-electron chi connectivity index (χ3n) is 3.86. The molecule has 3 aromatic rings. The molecule has 1 amide bonds. The fourth-order valence-corrected chi connectivity index (χ4v) is 2.75. The maximum Gasteiger partial charge on any atom is 0.274 e. The number of rotatable bonds is 7. The van der Waals surface area contributed by atoms with Crippen molar-refractivity contribution in [2.24, 2.45) is 0 Å². The van der Waals surface area contributed by atoms with Crippen molar-refractivity contribution >= 4 is 29.0 Å². The molecule has 0 aliphatic carbocycles. The summed E-state index contributed by atoms with van der Waals surface area (Å²) in [7, 11) is 1.55. The van der Waals surface area contributed by atoms with Crippen LogP contribution in [0.3, 0.4) is 0 Å². The molecule has 2 aromatic carbocycles. The number of ether oxygens (including phenoxy) is 1. The third kappa shape index (κ3) is 5.18. The monoisotopic (exact) mass is 382 g/mol. The second kappa shape index (κ2) is 9.00. The molecule has 1 heterocycles. The van der Waals surface area contributed by atoms with Crippen LogP contribution in [0.5, 0.6) is 5.75 Å². The fraction of sp³-hybridized carbons (Fsp3) is 0.150. The molecule has 138 valence electrons. The summed E-state index contributed by atoms with van der Waals surface area (Å²) in [5.74, 6) is 0.830. The Balaban J connectivity index is 1.61. The minimum Gasteiger partial charge on any atom is -0.495 e. The normalized spacial score (nSPS) is 10.3. The van der Waals surface area contributed by atoms with Gasteiger partial charge in [-0.1, -0.05) is 35.9 Å². The van der Waals surface area contributed by atoms with Gasteiger partial charge in [-0.25, -0.2) is 9.97 Å². The lowest BCUT2D eigenvalue weighted by Gasteiger charge is -2.10. The number of benzene rings is 2. The molecule has 0 aliphatic rings. The van der Waals surface area contributed by atoms with Gasteiger partial charge in [0.2, 0.25) is 0 Å². The summed E-state index contributed by atoms with van der Waals surface area (Å²) in [6.45, 7) is 0.658. The molecule has 3 rings (SSSR count). The van der Waals surface area contributed by atoms with Crippen LogP contribution in [0.4, 0.5) is 11.5 Å². The molecule has 2 N–H and O–H groups in total. The van der Waals surface area contributed by atoms with Crippen LogP contribution in [0, 0.1) is 0 Å². The van der Waals surface area contributed by atoms with E-state index >= 15 is 0 Å². The van der Waals surface area contributed by atoms with Crippen molar-refractivity contribution in [1.82, 2.24) is 9.97 Å². The Bertz CT molecular complexity index is 933. The van der Waals surface area contributed by atoms with Gasteiger partial charge < -0.3 is 15.4 Å². The Morgan fingerprint density at radius 2 is 1.96 bits per heavy atom. The Morgan fingerprint density at radius 1 is 1.11 bits per heavy atom. The molecule has 0 bridgehead atoms. The van der Waals surface area contributed by atoms with E-state index in [-0.39, 0.29) is 11.6 Å². The maximum absolute atomic E-state index is 12.5. The Labute approximate surface area is 162 Å².